The second kappa shape index (κ2) is 8.23. The SMILES string of the molecule is COc1cccc(CNC(=O)CN2C(=O)c3ccccc3[C@H]2c2c[nH]c3ccccc23)c1. The second-order valence-electron chi connectivity index (χ2n) is 7.84. The molecule has 0 aliphatic carbocycles. The van der Waals surface area contributed by atoms with Crippen LogP contribution in [0.5, 0.6) is 5.75 Å². The third-order valence-corrected chi connectivity index (χ3v) is 5.91. The number of H-pyrrole nitrogens is 1. The van der Waals surface area contributed by atoms with E-state index in [1.165, 1.54) is 0 Å². The second-order valence-corrected chi connectivity index (χ2v) is 7.84. The van der Waals surface area contributed by atoms with Crippen molar-refractivity contribution in [3.63, 3.8) is 0 Å². The van der Waals surface area contributed by atoms with Crippen LogP contribution in [0, 0.1) is 0 Å². The summed E-state index contributed by atoms with van der Waals surface area (Å²) in [4.78, 5) is 31.1. The fourth-order valence-electron chi connectivity index (χ4n) is 4.38. The fourth-order valence-corrected chi connectivity index (χ4v) is 4.38. The van der Waals surface area contributed by atoms with Gasteiger partial charge in [0.2, 0.25) is 5.91 Å². The Morgan fingerprint density at radius 2 is 1.84 bits per heavy atom. The van der Waals surface area contributed by atoms with Crippen LogP contribution in [0.3, 0.4) is 0 Å². The highest BCUT2D eigenvalue weighted by molar-refractivity contribution is 6.02. The normalized spacial score (nSPS) is 15.1. The van der Waals surface area contributed by atoms with Gasteiger partial charge < -0.3 is 19.9 Å². The lowest BCUT2D eigenvalue weighted by molar-refractivity contribution is -0.122. The molecule has 6 heteroatoms. The number of rotatable bonds is 6. The number of carbonyl (C=O) groups is 2. The van der Waals surface area contributed by atoms with Crippen molar-refractivity contribution in [2.75, 3.05) is 13.7 Å². The molecule has 2 N–H and O–H groups in total. The number of amides is 2. The molecule has 4 aromatic rings. The quantitative estimate of drug-likeness (QED) is 0.490. The first kappa shape index (κ1) is 19.9. The molecule has 32 heavy (non-hydrogen) atoms. The van der Waals surface area contributed by atoms with E-state index < -0.39 is 0 Å². The van der Waals surface area contributed by atoms with Gasteiger partial charge in [-0.1, -0.05) is 48.5 Å². The van der Waals surface area contributed by atoms with E-state index in [1.807, 2.05) is 79.0 Å². The standard InChI is InChI=1S/C26H23N3O3/c1-32-18-8-6-7-17(13-18)14-28-24(30)16-29-25(20-10-2-3-11-21(20)26(29)31)22-15-27-23-12-5-4-9-19(22)23/h2-13,15,25,27H,14,16H2,1H3,(H,28,30)/t25-/m0/s1. The molecule has 0 saturated carbocycles. The van der Waals surface area contributed by atoms with Crippen LogP contribution in [0.4, 0.5) is 0 Å². The highest BCUT2D eigenvalue weighted by Gasteiger charge is 2.39. The first-order valence-electron chi connectivity index (χ1n) is 10.5. The summed E-state index contributed by atoms with van der Waals surface area (Å²) < 4.78 is 5.24. The number of hydrogen-bond donors (Lipinski definition) is 2. The van der Waals surface area contributed by atoms with Crippen LogP contribution in [-0.4, -0.2) is 35.4 Å². The van der Waals surface area contributed by atoms with Gasteiger partial charge in [0, 0.05) is 34.8 Å². The van der Waals surface area contributed by atoms with E-state index in [1.54, 1.807) is 12.0 Å². The van der Waals surface area contributed by atoms with Crippen molar-refractivity contribution >= 4 is 22.7 Å². The van der Waals surface area contributed by atoms with Gasteiger partial charge in [0.15, 0.2) is 0 Å². The Balaban J connectivity index is 1.41. The predicted molar refractivity (Wildman–Crippen MR) is 122 cm³/mol. The van der Waals surface area contributed by atoms with Crippen LogP contribution in [0.2, 0.25) is 0 Å². The number of nitrogens with zero attached hydrogens (tertiary/aromatic N) is 1. The summed E-state index contributed by atoms with van der Waals surface area (Å²) in [5, 5.41) is 3.98. The van der Waals surface area contributed by atoms with Crippen LogP contribution in [0.25, 0.3) is 10.9 Å². The number of benzene rings is 3. The number of para-hydroxylation sites is 1. The third-order valence-electron chi connectivity index (χ3n) is 5.91. The summed E-state index contributed by atoms with van der Waals surface area (Å²) in [6.45, 7) is 0.338. The maximum Gasteiger partial charge on any atom is 0.255 e. The van der Waals surface area contributed by atoms with E-state index in [0.717, 1.165) is 33.3 Å². The van der Waals surface area contributed by atoms with Gasteiger partial charge in [-0.3, -0.25) is 9.59 Å². The molecule has 5 rings (SSSR count). The van der Waals surface area contributed by atoms with E-state index in [-0.39, 0.29) is 24.4 Å². The molecule has 2 heterocycles. The zero-order chi connectivity index (χ0) is 22.1. The Labute approximate surface area is 185 Å². The van der Waals surface area contributed by atoms with E-state index >= 15 is 0 Å². The summed E-state index contributed by atoms with van der Waals surface area (Å²) in [6, 6.07) is 22.8. The molecule has 2 amide bonds. The molecule has 1 aliphatic heterocycles. The van der Waals surface area contributed by atoms with Gasteiger partial charge >= 0.3 is 0 Å². The Morgan fingerprint density at radius 1 is 1.03 bits per heavy atom. The molecule has 6 nitrogen and oxygen atoms in total. The average Bonchev–Trinajstić information content (AvgIpc) is 3.37. The van der Waals surface area contributed by atoms with Crippen molar-refractivity contribution in [2.24, 2.45) is 0 Å². The number of hydrogen-bond acceptors (Lipinski definition) is 3. The van der Waals surface area contributed by atoms with Gasteiger partial charge in [0.1, 0.15) is 12.3 Å². The van der Waals surface area contributed by atoms with Gasteiger partial charge in [-0.2, -0.15) is 0 Å². The van der Waals surface area contributed by atoms with Crippen molar-refractivity contribution in [2.45, 2.75) is 12.6 Å². The fraction of sp³-hybridized carbons (Fsp3) is 0.154. The molecule has 1 aromatic heterocycles. The molecule has 0 unspecified atom stereocenters. The van der Waals surface area contributed by atoms with Crippen molar-refractivity contribution in [3.8, 4) is 5.75 Å². The number of aromatic nitrogens is 1. The molecule has 0 radical (unpaired) electrons. The summed E-state index contributed by atoms with van der Waals surface area (Å²) in [7, 11) is 1.61. The maximum absolute atomic E-state index is 13.3. The monoisotopic (exact) mass is 425 g/mol. The lowest BCUT2D eigenvalue weighted by atomic mass is 9.97. The number of aromatic amines is 1. The lowest BCUT2D eigenvalue weighted by Gasteiger charge is -2.25. The highest BCUT2D eigenvalue weighted by Crippen LogP contribution is 2.40. The Morgan fingerprint density at radius 3 is 2.72 bits per heavy atom. The van der Waals surface area contributed by atoms with Crippen LogP contribution < -0.4 is 10.1 Å². The minimum Gasteiger partial charge on any atom is -0.497 e. The predicted octanol–water partition coefficient (Wildman–Crippen LogP) is 4.04. The van der Waals surface area contributed by atoms with Crippen LogP contribution >= 0.6 is 0 Å². The molecule has 1 atom stereocenters. The molecule has 0 bridgehead atoms. The largest absolute Gasteiger partial charge is 0.497 e. The van der Waals surface area contributed by atoms with Gasteiger partial charge in [0.05, 0.1) is 13.2 Å². The maximum atomic E-state index is 13.3. The zero-order valence-corrected chi connectivity index (χ0v) is 17.7. The summed E-state index contributed by atoms with van der Waals surface area (Å²) in [5.41, 5.74) is 4.48. The zero-order valence-electron chi connectivity index (χ0n) is 17.7. The van der Waals surface area contributed by atoms with E-state index in [0.29, 0.717) is 12.1 Å². The average molecular weight is 425 g/mol. The van der Waals surface area contributed by atoms with Crippen LogP contribution in [0.15, 0.2) is 79.0 Å². The topological polar surface area (TPSA) is 74.4 Å². The van der Waals surface area contributed by atoms with Crippen molar-refractivity contribution in [1.29, 1.82) is 0 Å². The Kier molecular flexibility index (Phi) is 5.11. The van der Waals surface area contributed by atoms with Gasteiger partial charge in [-0.25, -0.2) is 0 Å². The number of carbonyl (C=O) groups excluding carboxylic acids is 2. The van der Waals surface area contributed by atoms with Crippen LogP contribution in [-0.2, 0) is 11.3 Å². The third kappa shape index (κ3) is 3.50. The molecular weight excluding hydrogens is 402 g/mol. The Bertz CT molecular complexity index is 1310. The molecule has 160 valence electrons. The number of methoxy groups -OCH3 is 1. The lowest BCUT2D eigenvalue weighted by Crippen LogP contribution is -2.39. The molecular formula is C26H23N3O3. The number of ether oxygens (including phenoxy) is 1. The van der Waals surface area contributed by atoms with Gasteiger partial charge in [-0.15, -0.1) is 0 Å². The van der Waals surface area contributed by atoms with Crippen molar-refractivity contribution in [3.05, 3.63) is 101 Å². The number of fused-ring (bicyclic) bond motifs is 2. The van der Waals surface area contributed by atoms with Crippen molar-refractivity contribution in [1.82, 2.24) is 15.2 Å². The minimum absolute atomic E-state index is 0.0261. The first-order valence-corrected chi connectivity index (χ1v) is 10.5. The number of nitrogens with one attached hydrogen (secondary N) is 2. The van der Waals surface area contributed by atoms with E-state index in [4.69, 9.17) is 4.74 Å². The smallest absolute Gasteiger partial charge is 0.255 e. The summed E-state index contributed by atoms with van der Waals surface area (Å²) >= 11 is 0. The Hall–Kier alpha value is -4.06. The van der Waals surface area contributed by atoms with Gasteiger partial charge in [-0.05, 0) is 35.4 Å². The molecule has 0 spiro atoms. The minimum atomic E-state index is -0.322. The molecule has 3 aromatic carbocycles. The first-order chi connectivity index (χ1) is 15.7. The summed E-state index contributed by atoms with van der Waals surface area (Å²) in [6.07, 6.45) is 1.94. The molecule has 0 fully saturated rings. The highest BCUT2D eigenvalue weighted by atomic mass is 16.5. The van der Waals surface area contributed by atoms with Crippen molar-refractivity contribution < 1.29 is 14.3 Å². The van der Waals surface area contributed by atoms with Crippen LogP contribution in [0.1, 0.15) is 33.1 Å². The molecule has 0 saturated heterocycles. The van der Waals surface area contributed by atoms with E-state index in [9.17, 15) is 9.59 Å². The van der Waals surface area contributed by atoms with Gasteiger partial charge in [0.25, 0.3) is 5.91 Å². The van der Waals surface area contributed by atoms with E-state index in [2.05, 4.69) is 10.3 Å². The summed E-state index contributed by atoms with van der Waals surface area (Å²) in [5.74, 6) is 0.396. The molecule has 1 aliphatic rings.